The smallest absolute Gasteiger partial charge is 0.332 e. The number of ether oxygens (including phenoxy) is 1. The first-order valence-electron chi connectivity index (χ1n) is 13.3. The maximum absolute atomic E-state index is 12.9. The Bertz CT molecular complexity index is 1290. The van der Waals surface area contributed by atoms with E-state index in [9.17, 15) is 14.7 Å². The SMILES string of the molecule is Cc1oc(-c2ccncc2)nc1CCOc1ccc(/C=C(\CC(=O)N2C[C@H]3CCCC[C@H]3C2)C(=O)O)cc1. The number of aromatic nitrogens is 2. The zero-order valence-electron chi connectivity index (χ0n) is 21.6. The van der Waals surface area contributed by atoms with Gasteiger partial charge in [-0.3, -0.25) is 9.78 Å². The van der Waals surface area contributed by atoms with Gasteiger partial charge in [0.15, 0.2) is 0 Å². The topological polar surface area (TPSA) is 106 Å². The lowest BCUT2D eigenvalue weighted by atomic mass is 9.82. The third kappa shape index (κ3) is 6.13. The summed E-state index contributed by atoms with van der Waals surface area (Å²) < 4.78 is 11.7. The van der Waals surface area contributed by atoms with Gasteiger partial charge in [-0.2, -0.15) is 0 Å². The van der Waals surface area contributed by atoms with Crippen LogP contribution in [0.2, 0.25) is 0 Å². The highest BCUT2D eigenvalue weighted by atomic mass is 16.5. The van der Waals surface area contributed by atoms with Gasteiger partial charge < -0.3 is 19.2 Å². The van der Waals surface area contributed by atoms with E-state index in [1.165, 1.54) is 25.7 Å². The van der Waals surface area contributed by atoms with Crippen molar-refractivity contribution in [1.29, 1.82) is 0 Å². The van der Waals surface area contributed by atoms with E-state index in [0.29, 0.717) is 42.1 Å². The van der Waals surface area contributed by atoms with Crippen LogP contribution < -0.4 is 4.74 Å². The lowest BCUT2D eigenvalue weighted by molar-refractivity contribution is -0.136. The average molecular weight is 516 g/mol. The predicted octanol–water partition coefficient (Wildman–Crippen LogP) is 5.17. The van der Waals surface area contributed by atoms with Crippen molar-refractivity contribution in [3.8, 4) is 17.2 Å². The van der Waals surface area contributed by atoms with Gasteiger partial charge in [-0.15, -0.1) is 0 Å². The predicted molar refractivity (Wildman–Crippen MR) is 142 cm³/mol. The van der Waals surface area contributed by atoms with Gasteiger partial charge >= 0.3 is 5.97 Å². The highest BCUT2D eigenvalue weighted by Crippen LogP contribution is 2.36. The first kappa shape index (κ1) is 25.7. The maximum atomic E-state index is 12.9. The number of hydrogen-bond acceptors (Lipinski definition) is 6. The molecule has 198 valence electrons. The Kier molecular flexibility index (Phi) is 7.86. The van der Waals surface area contributed by atoms with Gasteiger partial charge in [-0.1, -0.05) is 25.0 Å². The molecule has 1 amide bonds. The molecule has 3 aromatic rings. The number of carboxylic acids is 1. The average Bonchev–Trinajstić information content (AvgIpc) is 3.53. The molecule has 0 spiro atoms. The number of benzene rings is 1. The number of fused-ring (bicyclic) bond motifs is 1. The summed E-state index contributed by atoms with van der Waals surface area (Å²) in [6.07, 6.45) is 10.3. The van der Waals surface area contributed by atoms with Crippen molar-refractivity contribution in [2.75, 3.05) is 19.7 Å². The molecule has 2 fully saturated rings. The lowest BCUT2D eigenvalue weighted by Gasteiger charge is -2.22. The van der Waals surface area contributed by atoms with Crippen LogP contribution in [0.3, 0.4) is 0 Å². The fourth-order valence-electron chi connectivity index (χ4n) is 5.48. The Hall–Kier alpha value is -3.94. The zero-order valence-corrected chi connectivity index (χ0v) is 21.6. The summed E-state index contributed by atoms with van der Waals surface area (Å²) in [5.74, 6) is 1.98. The van der Waals surface area contributed by atoms with E-state index in [4.69, 9.17) is 9.15 Å². The fourth-order valence-corrected chi connectivity index (χ4v) is 5.48. The molecule has 8 nitrogen and oxygen atoms in total. The van der Waals surface area contributed by atoms with Crippen molar-refractivity contribution < 1.29 is 23.8 Å². The van der Waals surface area contributed by atoms with Crippen LogP contribution in [0.5, 0.6) is 5.75 Å². The summed E-state index contributed by atoms with van der Waals surface area (Å²) >= 11 is 0. The fraction of sp³-hybridized carbons (Fsp3) is 0.400. The molecule has 0 radical (unpaired) electrons. The van der Waals surface area contributed by atoms with Crippen LogP contribution in [0.4, 0.5) is 0 Å². The first-order chi connectivity index (χ1) is 18.5. The van der Waals surface area contributed by atoms with Gasteiger partial charge in [0.05, 0.1) is 18.7 Å². The molecular weight excluding hydrogens is 482 g/mol. The second-order valence-electron chi connectivity index (χ2n) is 10.2. The molecule has 1 aliphatic heterocycles. The quantitative estimate of drug-likeness (QED) is 0.392. The number of carbonyl (C=O) groups is 2. The van der Waals surface area contributed by atoms with E-state index in [1.54, 1.807) is 42.7 Å². The maximum Gasteiger partial charge on any atom is 0.332 e. The van der Waals surface area contributed by atoms with Crippen molar-refractivity contribution in [1.82, 2.24) is 14.9 Å². The van der Waals surface area contributed by atoms with Crippen LogP contribution in [0.25, 0.3) is 17.5 Å². The van der Waals surface area contributed by atoms with Crippen LogP contribution in [0, 0.1) is 18.8 Å². The molecule has 1 aromatic carbocycles. The summed E-state index contributed by atoms with van der Waals surface area (Å²) in [4.78, 5) is 35.2. The molecule has 0 unspecified atom stereocenters. The van der Waals surface area contributed by atoms with Gasteiger partial charge in [0.2, 0.25) is 11.8 Å². The number of amides is 1. The number of pyridine rings is 1. The first-order valence-corrected chi connectivity index (χ1v) is 13.3. The highest BCUT2D eigenvalue weighted by Gasteiger charge is 2.36. The minimum atomic E-state index is -1.07. The monoisotopic (exact) mass is 515 g/mol. The van der Waals surface area contributed by atoms with Crippen LogP contribution in [0.15, 0.2) is 58.8 Å². The standard InChI is InChI=1S/C30H33N3O5/c1-20-27(32-29(38-20)22-10-13-31-14-11-22)12-15-37-26-8-6-21(7-9-26)16-25(30(35)36)17-28(34)33-18-23-4-2-3-5-24(23)19-33/h6-11,13-14,16,23-24H,2-5,12,15,17-19H2,1H3,(H,35,36)/b25-16+/t23-,24+. The van der Waals surface area contributed by atoms with Crippen LogP contribution in [0.1, 0.15) is 49.1 Å². The van der Waals surface area contributed by atoms with Crippen molar-refractivity contribution in [2.24, 2.45) is 11.8 Å². The molecule has 2 atom stereocenters. The lowest BCUT2D eigenvalue weighted by Crippen LogP contribution is -2.29. The number of nitrogens with zero attached hydrogens (tertiary/aromatic N) is 3. The van der Waals surface area contributed by atoms with Gasteiger partial charge in [0.25, 0.3) is 0 Å². The summed E-state index contributed by atoms with van der Waals surface area (Å²) in [5, 5.41) is 9.73. The molecule has 38 heavy (non-hydrogen) atoms. The molecule has 1 N–H and O–H groups in total. The molecule has 2 aromatic heterocycles. The van der Waals surface area contributed by atoms with E-state index >= 15 is 0 Å². The Balaban J connectivity index is 1.15. The number of aryl methyl sites for hydroxylation is 1. The molecule has 0 bridgehead atoms. The second kappa shape index (κ2) is 11.6. The van der Waals surface area contributed by atoms with Gasteiger partial charge in [0, 0.05) is 43.0 Å². The molecule has 1 saturated heterocycles. The summed E-state index contributed by atoms with van der Waals surface area (Å²) in [7, 11) is 0. The van der Waals surface area contributed by atoms with E-state index < -0.39 is 5.97 Å². The zero-order chi connectivity index (χ0) is 26.5. The molecule has 1 aliphatic carbocycles. The Morgan fingerprint density at radius 1 is 1.08 bits per heavy atom. The van der Waals surface area contributed by atoms with E-state index in [0.717, 1.165) is 30.1 Å². The summed E-state index contributed by atoms with van der Waals surface area (Å²) in [6, 6.07) is 10.9. The Morgan fingerprint density at radius 3 is 2.42 bits per heavy atom. The molecule has 3 heterocycles. The third-order valence-corrected chi connectivity index (χ3v) is 7.59. The van der Waals surface area contributed by atoms with Crippen LogP contribution >= 0.6 is 0 Å². The van der Waals surface area contributed by atoms with E-state index in [-0.39, 0.29) is 17.9 Å². The van der Waals surface area contributed by atoms with Crippen LogP contribution in [-0.4, -0.2) is 51.5 Å². The Morgan fingerprint density at radius 2 is 1.76 bits per heavy atom. The Labute approximate surface area is 222 Å². The van der Waals surface area contributed by atoms with Crippen molar-refractivity contribution >= 4 is 18.0 Å². The number of aliphatic carboxylic acids is 1. The number of carbonyl (C=O) groups excluding carboxylic acids is 1. The van der Waals surface area contributed by atoms with Gasteiger partial charge in [0.1, 0.15) is 11.5 Å². The molecule has 8 heteroatoms. The largest absolute Gasteiger partial charge is 0.493 e. The van der Waals surface area contributed by atoms with Gasteiger partial charge in [-0.25, -0.2) is 9.78 Å². The molecular formula is C30H33N3O5. The molecule has 2 aliphatic rings. The number of carboxylic acid groups (broad SMARTS) is 1. The number of hydrogen-bond donors (Lipinski definition) is 1. The van der Waals surface area contributed by atoms with Gasteiger partial charge in [-0.05, 0) is 67.5 Å². The normalized spacial score (nSPS) is 19.3. The third-order valence-electron chi connectivity index (χ3n) is 7.59. The second-order valence-corrected chi connectivity index (χ2v) is 10.2. The summed E-state index contributed by atoms with van der Waals surface area (Å²) in [5.41, 5.74) is 2.53. The van der Waals surface area contributed by atoms with E-state index in [1.807, 2.05) is 24.0 Å². The van der Waals surface area contributed by atoms with Crippen molar-refractivity contribution in [3.63, 3.8) is 0 Å². The van der Waals surface area contributed by atoms with E-state index in [2.05, 4.69) is 9.97 Å². The van der Waals surface area contributed by atoms with Crippen molar-refractivity contribution in [2.45, 2.75) is 45.4 Å². The minimum Gasteiger partial charge on any atom is -0.493 e. The highest BCUT2D eigenvalue weighted by molar-refractivity contribution is 5.98. The molecule has 1 saturated carbocycles. The van der Waals surface area contributed by atoms with Crippen molar-refractivity contribution in [3.05, 3.63) is 71.4 Å². The number of likely N-dealkylation sites (tertiary alicyclic amines) is 1. The summed E-state index contributed by atoms with van der Waals surface area (Å²) in [6.45, 7) is 3.84. The number of rotatable bonds is 9. The molecule has 5 rings (SSSR count). The number of oxazole rings is 1. The minimum absolute atomic E-state index is 0.0917. The van der Waals surface area contributed by atoms with Crippen LogP contribution in [-0.2, 0) is 16.0 Å².